The smallest absolute Gasteiger partial charge is 0.139 e. The Morgan fingerprint density at radius 1 is 0.700 bits per heavy atom. The van der Waals surface area contributed by atoms with Crippen LogP contribution in [0, 0.1) is 34.5 Å². The van der Waals surface area contributed by atoms with Crippen LogP contribution in [0.25, 0.3) is 0 Å². The highest BCUT2D eigenvalue weighted by molar-refractivity contribution is 5.86. The van der Waals surface area contributed by atoms with Crippen LogP contribution in [0.3, 0.4) is 0 Å². The van der Waals surface area contributed by atoms with Crippen molar-refractivity contribution < 1.29 is 4.79 Å². The normalized spacial score (nSPS) is 43.3. The molecule has 0 N–H and O–H groups in total. The lowest BCUT2D eigenvalue weighted by atomic mass is 9.79. The van der Waals surface area contributed by atoms with Gasteiger partial charge in [-0.1, -0.05) is 27.7 Å². The van der Waals surface area contributed by atoms with E-state index in [1.54, 1.807) is 0 Å². The van der Waals surface area contributed by atoms with Gasteiger partial charge >= 0.3 is 0 Å². The fourth-order valence-corrected chi connectivity index (χ4v) is 5.29. The molecule has 3 aliphatic rings. The molecule has 0 aromatic heterocycles. The molecule has 0 amide bonds. The van der Waals surface area contributed by atoms with Gasteiger partial charge in [0.15, 0.2) is 0 Å². The monoisotopic (exact) mass is 276 g/mol. The van der Waals surface area contributed by atoms with Crippen LogP contribution in [-0.4, -0.2) is 5.78 Å². The molecule has 0 bridgehead atoms. The number of rotatable bonds is 0. The quantitative estimate of drug-likeness (QED) is 0.591. The lowest BCUT2D eigenvalue weighted by Crippen LogP contribution is -2.18. The maximum atomic E-state index is 12.9. The van der Waals surface area contributed by atoms with Crippen LogP contribution in [0.5, 0.6) is 0 Å². The van der Waals surface area contributed by atoms with Crippen molar-refractivity contribution >= 4 is 5.78 Å². The number of ketones is 1. The van der Waals surface area contributed by atoms with E-state index in [0.717, 1.165) is 11.8 Å². The van der Waals surface area contributed by atoms with Gasteiger partial charge in [-0.15, -0.1) is 0 Å². The van der Waals surface area contributed by atoms with Crippen LogP contribution in [0.4, 0.5) is 0 Å². The van der Waals surface area contributed by atoms with Crippen LogP contribution < -0.4 is 0 Å². The van der Waals surface area contributed by atoms with Crippen LogP contribution in [0.2, 0.25) is 0 Å². The Morgan fingerprint density at radius 2 is 1.05 bits per heavy atom. The van der Waals surface area contributed by atoms with E-state index in [0.29, 0.717) is 28.4 Å². The summed E-state index contributed by atoms with van der Waals surface area (Å²) in [7, 11) is 0. The molecule has 3 aliphatic carbocycles. The van der Waals surface area contributed by atoms with Crippen LogP contribution in [0.15, 0.2) is 0 Å². The Labute approximate surface area is 124 Å². The summed E-state index contributed by atoms with van der Waals surface area (Å²) in [6.45, 7) is 9.58. The Hall–Kier alpha value is -0.330. The Bertz CT molecular complexity index is 357. The Balaban J connectivity index is 1.81. The molecular formula is C19H32O. The molecule has 0 aromatic rings. The minimum atomic E-state index is 0.424. The van der Waals surface area contributed by atoms with Crippen molar-refractivity contribution in [3.05, 3.63) is 0 Å². The van der Waals surface area contributed by atoms with E-state index in [9.17, 15) is 4.79 Å². The average Bonchev–Trinajstić information content (AvgIpc) is 2.48. The summed E-state index contributed by atoms with van der Waals surface area (Å²) in [4.78, 5) is 12.9. The first-order chi connectivity index (χ1) is 9.29. The second-order valence-electron chi connectivity index (χ2n) is 9.43. The molecule has 0 radical (unpaired) electrons. The third kappa shape index (κ3) is 2.57. The third-order valence-electron chi connectivity index (χ3n) is 6.89. The summed E-state index contributed by atoms with van der Waals surface area (Å²) in [6.07, 6.45) is 10.1. The predicted molar refractivity (Wildman–Crippen MR) is 83.5 cm³/mol. The molecule has 20 heavy (non-hydrogen) atoms. The summed E-state index contributed by atoms with van der Waals surface area (Å²) in [5, 5.41) is 0. The van der Waals surface area contributed by atoms with Gasteiger partial charge in [-0.05, 0) is 74.0 Å². The summed E-state index contributed by atoms with van der Waals surface area (Å²) >= 11 is 0. The molecule has 1 nitrogen and oxygen atoms in total. The molecule has 0 aliphatic heterocycles. The maximum absolute atomic E-state index is 12.9. The van der Waals surface area contributed by atoms with Crippen molar-refractivity contribution in [1.82, 2.24) is 0 Å². The zero-order chi connectivity index (χ0) is 14.5. The maximum Gasteiger partial charge on any atom is 0.139 e. The highest BCUT2D eigenvalue weighted by atomic mass is 16.1. The highest BCUT2D eigenvalue weighted by Gasteiger charge is 2.51. The van der Waals surface area contributed by atoms with Gasteiger partial charge in [0.1, 0.15) is 5.78 Å². The van der Waals surface area contributed by atoms with Gasteiger partial charge in [0, 0.05) is 11.8 Å². The van der Waals surface area contributed by atoms with E-state index in [1.807, 2.05) is 0 Å². The van der Waals surface area contributed by atoms with Crippen LogP contribution in [0.1, 0.15) is 79.1 Å². The molecule has 4 unspecified atom stereocenters. The molecule has 1 heteroatoms. The minimum absolute atomic E-state index is 0.424. The standard InChI is InChI=1S/C19H32O/c1-18(2)9-5-13-14-6-10-19(3,4)12-8-16(14)17(20)15(13)7-11-18/h13-16H,5-12H2,1-4H3. The van der Waals surface area contributed by atoms with Crippen molar-refractivity contribution in [1.29, 1.82) is 0 Å². The summed E-state index contributed by atoms with van der Waals surface area (Å²) in [6, 6.07) is 0. The number of carbonyl (C=O) groups excluding carboxylic acids is 1. The second-order valence-corrected chi connectivity index (χ2v) is 9.43. The molecule has 0 heterocycles. The van der Waals surface area contributed by atoms with E-state index in [4.69, 9.17) is 0 Å². The number of fused-ring (bicyclic) bond motifs is 3. The summed E-state index contributed by atoms with van der Waals surface area (Å²) in [5.41, 5.74) is 0.925. The number of hydrogen-bond donors (Lipinski definition) is 0. The highest BCUT2D eigenvalue weighted by Crippen LogP contribution is 2.54. The predicted octanol–water partition coefficient (Wildman–Crippen LogP) is 5.23. The molecular weight excluding hydrogens is 244 g/mol. The molecule has 0 saturated heterocycles. The van der Waals surface area contributed by atoms with Gasteiger partial charge in [-0.3, -0.25) is 4.79 Å². The molecule has 3 fully saturated rings. The van der Waals surface area contributed by atoms with Gasteiger partial charge in [0.2, 0.25) is 0 Å². The van der Waals surface area contributed by atoms with E-state index < -0.39 is 0 Å². The van der Waals surface area contributed by atoms with E-state index in [1.165, 1.54) is 51.4 Å². The van der Waals surface area contributed by atoms with Crippen LogP contribution >= 0.6 is 0 Å². The van der Waals surface area contributed by atoms with Gasteiger partial charge in [0.05, 0.1) is 0 Å². The van der Waals surface area contributed by atoms with Gasteiger partial charge < -0.3 is 0 Å². The van der Waals surface area contributed by atoms with Crippen molar-refractivity contribution in [2.45, 2.75) is 79.1 Å². The van der Waals surface area contributed by atoms with Crippen molar-refractivity contribution in [2.24, 2.45) is 34.5 Å². The zero-order valence-electron chi connectivity index (χ0n) is 13.9. The minimum Gasteiger partial charge on any atom is -0.299 e. The SMILES string of the molecule is CC1(C)CCC2C(=O)C3CCC(C)(C)CCC3C2CC1. The molecule has 0 aromatic carbocycles. The fraction of sp³-hybridized carbons (Fsp3) is 0.947. The first kappa shape index (κ1) is 14.6. The summed E-state index contributed by atoms with van der Waals surface area (Å²) < 4.78 is 0. The fourth-order valence-electron chi connectivity index (χ4n) is 5.29. The lowest BCUT2D eigenvalue weighted by Gasteiger charge is -2.26. The first-order valence-corrected chi connectivity index (χ1v) is 8.83. The van der Waals surface area contributed by atoms with Crippen LogP contribution in [-0.2, 0) is 4.79 Å². The van der Waals surface area contributed by atoms with E-state index in [-0.39, 0.29) is 0 Å². The first-order valence-electron chi connectivity index (χ1n) is 8.83. The average molecular weight is 276 g/mol. The topological polar surface area (TPSA) is 17.1 Å². The lowest BCUT2D eigenvalue weighted by molar-refractivity contribution is -0.125. The molecule has 0 spiro atoms. The molecule has 3 rings (SSSR count). The van der Waals surface area contributed by atoms with E-state index >= 15 is 0 Å². The van der Waals surface area contributed by atoms with Crippen molar-refractivity contribution in [3.8, 4) is 0 Å². The Kier molecular flexibility index (Phi) is 3.54. The Morgan fingerprint density at radius 3 is 1.45 bits per heavy atom. The summed E-state index contributed by atoms with van der Waals surface area (Å²) in [5.74, 6) is 2.96. The number of Topliss-reactive ketones (excluding diaryl/α,β-unsaturated/α-hetero) is 1. The van der Waals surface area contributed by atoms with Gasteiger partial charge in [0.25, 0.3) is 0 Å². The third-order valence-corrected chi connectivity index (χ3v) is 6.89. The van der Waals surface area contributed by atoms with Crippen molar-refractivity contribution in [3.63, 3.8) is 0 Å². The van der Waals surface area contributed by atoms with E-state index in [2.05, 4.69) is 27.7 Å². The molecule has 3 saturated carbocycles. The molecule has 4 atom stereocenters. The van der Waals surface area contributed by atoms with Crippen molar-refractivity contribution in [2.75, 3.05) is 0 Å². The zero-order valence-corrected chi connectivity index (χ0v) is 13.9. The second kappa shape index (κ2) is 4.85. The van der Waals surface area contributed by atoms with Gasteiger partial charge in [-0.25, -0.2) is 0 Å². The number of hydrogen-bond acceptors (Lipinski definition) is 1. The largest absolute Gasteiger partial charge is 0.299 e. The van der Waals surface area contributed by atoms with Gasteiger partial charge in [-0.2, -0.15) is 0 Å². The molecule has 114 valence electrons. The number of carbonyl (C=O) groups is 1.